The van der Waals surface area contributed by atoms with Gasteiger partial charge in [0.05, 0.1) is 0 Å². The Hall–Kier alpha value is -1.13. The van der Waals surface area contributed by atoms with E-state index in [9.17, 15) is 0 Å². The summed E-state index contributed by atoms with van der Waals surface area (Å²) in [6.45, 7) is 13.2. The minimum atomic E-state index is 0.187. The van der Waals surface area contributed by atoms with Crippen molar-refractivity contribution in [2.45, 2.75) is 52.1 Å². The molecule has 1 heteroatoms. The van der Waals surface area contributed by atoms with Crippen LogP contribution in [0.3, 0.4) is 0 Å². The first-order valence-electron chi connectivity index (χ1n) is 7.53. The lowest BCUT2D eigenvalue weighted by Gasteiger charge is -2.23. The zero-order chi connectivity index (χ0) is 16.1. The first kappa shape index (κ1) is 17.9. The zero-order valence-corrected chi connectivity index (χ0v) is 15.4. The summed E-state index contributed by atoms with van der Waals surface area (Å²) in [6, 6.07) is 19.2. The van der Waals surface area contributed by atoms with Crippen molar-refractivity contribution < 1.29 is 0 Å². The Morgan fingerprint density at radius 3 is 1.57 bits per heavy atom. The van der Waals surface area contributed by atoms with Gasteiger partial charge in [0, 0.05) is 0 Å². The predicted molar refractivity (Wildman–Crippen MR) is 100 cm³/mol. The van der Waals surface area contributed by atoms with Gasteiger partial charge in [0.1, 0.15) is 0 Å². The van der Waals surface area contributed by atoms with Crippen molar-refractivity contribution in [1.82, 2.24) is 0 Å². The van der Waals surface area contributed by atoms with Gasteiger partial charge in [0.15, 0.2) is 0 Å². The van der Waals surface area contributed by atoms with E-state index in [0.29, 0.717) is 5.16 Å². The largest absolute Gasteiger partial charge is 0.132 e. The Morgan fingerprint density at radius 2 is 1.10 bits per heavy atom. The third kappa shape index (κ3) is 6.91. The maximum Gasteiger partial charge on any atom is -0.0126 e. The van der Waals surface area contributed by atoms with Crippen LogP contribution in [0, 0.1) is 0 Å². The van der Waals surface area contributed by atoms with Crippen molar-refractivity contribution >= 4 is 9.24 Å². The SMILES string of the molecule is CC(C)(C)P.CC(C)(C)c1ccccc1-c1ccccc1. The predicted octanol–water partition coefficient (Wildman–Crippen LogP) is 6.31. The van der Waals surface area contributed by atoms with E-state index in [1.807, 2.05) is 0 Å². The lowest BCUT2D eigenvalue weighted by atomic mass is 9.82. The van der Waals surface area contributed by atoms with Gasteiger partial charge in [0.2, 0.25) is 0 Å². The summed E-state index contributed by atoms with van der Waals surface area (Å²) in [4.78, 5) is 0. The third-order valence-corrected chi connectivity index (χ3v) is 2.82. The van der Waals surface area contributed by atoms with Crippen molar-refractivity contribution in [2.75, 3.05) is 0 Å². The molecule has 2 aromatic carbocycles. The van der Waals surface area contributed by atoms with Crippen molar-refractivity contribution in [1.29, 1.82) is 0 Å². The van der Waals surface area contributed by atoms with E-state index in [4.69, 9.17) is 0 Å². The second-order valence-electron chi connectivity index (χ2n) is 7.53. The maximum atomic E-state index is 2.72. The number of hydrogen-bond donors (Lipinski definition) is 0. The van der Waals surface area contributed by atoms with E-state index in [0.717, 1.165) is 0 Å². The van der Waals surface area contributed by atoms with Crippen molar-refractivity contribution in [3.05, 3.63) is 60.2 Å². The molecule has 0 aliphatic heterocycles. The van der Waals surface area contributed by atoms with Crippen LogP contribution in [0.1, 0.15) is 47.1 Å². The smallest absolute Gasteiger partial charge is 0.0126 e. The van der Waals surface area contributed by atoms with Gasteiger partial charge in [-0.25, -0.2) is 0 Å². The van der Waals surface area contributed by atoms with Crippen LogP contribution < -0.4 is 0 Å². The lowest BCUT2D eigenvalue weighted by Crippen LogP contribution is -2.12. The fourth-order valence-electron chi connectivity index (χ4n) is 2.01. The second-order valence-corrected chi connectivity index (χ2v) is 9.26. The van der Waals surface area contributed by atoms with Gasteiger partial charge in [-0.15, -0.1) is 9.24 Å². The van der Waals surface area contributed by atoms with Gasteiger partial charge in [-0.05, 0) is 27.3 Å². The Labute approximate surface area is 133 Å². The summed E-state index contributed by atoms with van der Waals surface area (Å²) in [6.07, 6.45) is 0. The van der Waals surface area contributed by atoms with Crippen LogP contribution in [-0.4, -0.2) is 5.16 Å². The summed E-state index contributed by atoms with van der Waals surface area (Å²) >= 11 is 0. The highest BCUT2D eigenvalue weighted by Gasteiger charge is 2.17. The molecule has 0 aliphatic carbocycles. The molecule has 2 rings (SSSR count). The summed E-state index contributed by atoms with van der Waals surface area (Å²) < 4.78 is 0. The average molecular weight is 300 g/mol. The molecule has 0 saturated carbocycles. The standard InChI is InChI=1S/C16H18.C4H11P/c1-16(2,3)15-12-8-7-11-14(15)13-9-5-4-6-10-13;1-4(2,3)5/h4-12H,1-3H3;5H2,1-3H3. The lowest BCUT2D eigenvalue weighted by molar-refractivity contribution is 0.592. The van der Waals surface area contributed by atoms with E-state index < -0.39 is 0 Å². The molecule has 2 aromatic rings. The normalized spacial score (nSPS) is 11.6. The van der Waals surface area contributed by atoms with Crippen LogP contribution in [-0.2, 0) is 5.41 Å². The molecule has 0 aromatic heterocycles. The minimum absolute atomic E-state index is 0.187. The van der Waals surface area contributed by atoms with Crippen LogP contribution >= 0.6 is 9.24 Å². The highest BCUT2D eigenvalue weighted by atomic mass is 31.0. The molecule has 0 fully saturated rings. The van der Waals surface area contributed by atoms with Gasteiger partial charge in [0.25, 0.3) is 0 Å². The number of hydrogen-bond acceptors (Lipinski definition) is 0. The topological polar surface area (TPSA) is 0 Å². The van der Waals surface area contributed by atoms with Gasteiger partial charge in [-0.3, -0.25) is 0 Å². The van der Waals surface area contributed by atoms with Crippen molar-refractivity contribution in [3.63, 3.8) is 0 Å². The third-order valence-electron chi connectivity index (χ3n) is 2.82. The number of benzene rings is 2. The van der Waals surface area contributed by atoms with Gasteiger partial charge < -0.3 is 0 Å². The van der Waals surface area contributed by atoms with E-state index in [1.165, 1.54) is 16.7 Å². The van der Waals surface area contributed by atoms with Crippen molar-refractivity contribution in [2.24, 2.45) is 0 Å². The van der Waals surface area contributed by atoms with E-state index in [-0.39, 0.29) is 5.41 Å². The molecule has 0 amide bonds. The van der Waals surface area contributed by atoms with E-state index in [2.05, 4.69) is 105 Å². The second kappa shape index (κ2) is 7.23. The highest BCUT2D eigenvalue weighted by Crippen LogP contribution is 2.32. The monoisotopic (exact) mass is 300 g/mol. The molecular weight excluding hydrogens is 271 g/mol. The van der Waals surface area contributed by atoms with Gasteiger partial charge in [-0.1, -0.05) is 96.1 Å². The summed E-state index contributed by atoms with van der Waals surface area (Å²) in [5, 5.41) is 0.417. The first-order valence-corrected chi connectivity index (χ1v) is 8.10. The molecular formula is C20H29P. The molecule has 0 spiro atoms. The Bertz CT molecular complexity index is 536. The van der Waals surface area contributed by atoms with Crippen LogP contribution in [0.2, 0.25) is 0 Å². The highest BCUT2D eigenvalue weighted by molar-refractivity contribution is 7.18. The minimum Gasteiger partial charge on any atom is -0.132 e. The molecule has 21 heavy (non-hydrogen) atoms. The zero-order valence-electron chi connectivity index (χ0n) is 14.3. The Morgan fingerprint density at radius 1 is 0.667 bits per heavy atom. The maximum absolute atomic E-state index is 2.72. The summed E-state index contributed by atoms with van der Waals surface area (Å²) in [5.41, 5.74) is 4.23. The molecule has 114 valence electrons. The van der Waals surface area contributed by atoms with Gasteiger partial charge in [-0.2, -0.15) is 0 Å². The van der Waals surface area contributed by atoms with E-state index in [1.54, 1.807) is 0 Å². The quantitative estimate of drug-likeness (QED) is 0.541. The number of rotatable bonds is 1. The van der Waals surface area contributed by atoms with Gasteiger partial charge >= 0.3 is 0 Å². The summed E-state index contributed by atoms with van der Waals surface area (Å²) in [5.74, 6) is 0. The molecule has 0 aliphatic rings. The molecule has 0 bridgehead atoms. The van der Waals surface area contributed by atoms with Crippen LogP contribution in [0.4, 0.5) is 0 Å². The van der Waals surface area contributed by atoms with Crippen LogP contribution in [0.25, 0.3) is 11.1 Å². The van der Waals surface area contributed by atoms with Crippen LogP contribution in [0.15, 0.2) is 54.6 Å². The van der Waals surface area contributed by atoms with Crippen LogP contribution in [0.5, 0.6) is 0 Å². The molecule has 1 atom stereocenters. The van der Waals surface area contributed by atoms with Crippen molar-refractivity contribution in [3.8, 4) is 11.1 Å². The molecule has 0 nitrogen and oxygen atoms in total. The first-order chi connectivity index (χ1) is 9.59. The fourth-order valence-corrected chi connectivity index (χ4v) is 2.01. The Kier molecular flexibility index (Phi) is 6.17. The molecule has 0 saturated heterocycles. The molecule has 0 radical (unpaired) electrons. The molecule has 1 unspecified atom stereocenters. The average Bonchev–Trinajstić information content (AvgIpc) is 2.37. The Balaban J connectivity index is 0.000000383. The molecule has 0 heterocycles. The summed E-state index contributed by atoms with van der Waals surface area (Å²) in [7, 11) is 2.72. The fraction of sp³-hybridized carbons (Fsp3) is 0.400. The van der Waals surface area contributed by atoms with E-state index >= 15 is 0 Å². The molecule has 0 N–H and O–H groups in total.